The first kappa shape index (κ1) is 22.3. The van der Waals surface area contributed by atoms with Crippen molar-refractivity contribution in [3.05, 3.63) is 89.1 Å². The van der Waals surface area contributed by atoms with Gasteiger partial charge in [0.05, 0.1) is 35.3 Å². The van der Waals surface area contributed by atoms with Gasteiger partial charge in [0.1, 0.15) is 22.9 Å². The molecule has 0 saturated heterocycles. The molecule has 0 bridgehead atoms. The van der Waals surface area contributed by atoms with Gasteiger partial charge in [0.2, 0.25) is 0 Å². The van der Waals surface area contributed by atoms with Gasteiger partial charge in [-0.3, -0.25) is 0 Å². The van der Waals surface area contributed by atoms with Crippen LogP contribution < -0.4 is 10.1 Å². The summed E-state index contributed by atoms with van der Waals surface area (Å²) in [6, 6.07) is 20.8. The second-order valence-corrected chi connectivity index (χ2v) is 8.50. The maximum atomic E-state index is 12.1. The zero-order valence-corrected chi connectivity index (χ0v) is 19.9. The van der Waals surface area contributed by atoms with Crippen LogP contribution in [0.25, 0.3) is 28.0 Å². The average Bonchev–Trinajstić information content (AvgIpc) is 3.39. The molecule has 176 valence electrons. The van der Waals surface area contributed by atoms with E-state index in [2.05, 4.69) is 11.4 Å². The van der Waals surface area contributed by atoms with Gasteiger partial charge in [-0.15, -0.1) is 0 Å². The summed E-state index contributed by atoms with van der Waals surface area (Å²) in [5.41, 5.74) is 5.83. The van der Waals surface area contributed by atoms with Gasteiger partial charge in [-0.2, -0.15) is 5.10 Å². The molecule has 0 atom stereocenters. The summed E-state index contributed by atoms with van der Waals surface area (Å²) in [4.78, 5) is 12.1. The molecular weight excluding hydrogens is 442 g/mol. The Morgan fingerprint density at radius 1 is 1.03 bits per heavy atom. The minimum absolute atomic E-state index is 0.0886. The molecule has 0 saturated carbocycles. The highest BCUT2D eigenvalue weighted by Crippen LogP contribution is 2.39. The topological polar surface area (TPSA) is 89.5 Å². The standard InChI is InChI=1S/C28H25N3O4/c1-16-9-12-24-19(13-16)14-25(35-24)26-18(3)30-31(23-8-6-5-7-17(23)2)27(26)29-22-11-10-20(34-4)15-21(22)28(32)33/h5-15,29H,1-4H3,(H,32,33). The van der Waals surface area contributed by atoms with Crippen LogP contribution in [0.1, 0.15) is 27.2 Å². The fourth-order valence-electron chi connectivity index (χ4n) is 4.26. The van der Waals surface area contributed by atoms with Crippen molar-refractivity contribution in [2.24, 2.45) is 0 Å². The van der Waals surface area contributed by atoms with E-state index >= 15 is 0 Å². The number of nitrogens with one attached hydrogen (secondary N) is 1. The highest BCUT2D eigenvalue weighted by Gasteiger charge is 2.24. The van der Waals surface area contributed by atoms with Crippen molar-refractivity contribution >= 4 is 28.4 Å². The maximum absolute atomic E-state index is 12.1. The van der Waals surface area contributed by atoms with Crippen LogP contribution in [0.2, 0.25) is 0 Å². The molecule has 0 aliphatic carbocycles. The SMILES string of the molecule is COc1ccc(Nc2c(-c3cc4cc(C)ccc4o3)c(C)nn2-c2ccccc2C)c(C(=O)O)c1. The second-order valence-electron chi connectivity index (χ2n) is 8.50. The Morgan fingerprint density at radius 3 is 2.57 bits per heavy atom. The molecule has 0 aliphatic heterocycles. The number of hydrogen-bond acceptors (Lipinski definition) is 5. The molecule has 0 unspecified atom stereocenters. The first-order valence-electron chi connectivity index (χ1n) is 11.2. The monoisotopic (exact) mass is 467 g/mol. The van der Waals surface area contributed by atoms with Gasteiger partial charge >= 0.3 is 5.97 Å². The number of methoxy groups -OCH3 is 1. The number of nitrogens with zero attached hydrogens (tertiary/aromatic N) is 2. The van der Waals surface area contributed by atoms with Crippen molar-refractivity contribution in [2.75, 3.05) is 12.4 Å². The van der Waals surface area contributed by atoms with E-state index in [0.29, 0.717) is 23.0 Å². The smallest absolute Gasteiger partial charge is 0.337 e. The third-order valence-electron chi connectivity index (χ3n) is 6.03. The molecule has 2 heterocycles. The highest BCUT2D eigenvalue weighted by molar-refractivity contribution is 5.97. The number of carboxylic acids is 1. The van der Waals surface area contributed by atoms with E-state index in [0.717, 1.165) is 39.0 Å². The zero-order valence-electron chi connectivity index (χ0n) is 19.9. The molecule has 0 radical (unpaired) electrons. The first-order chi connectivity index (χ1) is 16.9. The number of rotatable bonds is 6. The van der Waals surface area contributed by atoms with E-state index in [1.165, 1.54) is 13.2 Å². The number of anilines is 2. The third kappa shape index (κ3) is 4.01. The molecule has 7 nitrogen and oxygen atoms in total. The lowest BCUT2D eigenvalue weighted by Gasteiger charge is -2.15. The molecule has 0 amide bonds. The number of aryl methyl sites for hydroxylation is 3. The number of furan rings is 1. The number of benzene rings is 3. The molecule has 5 aromatic rings. The number of ether oxygens (including phenoxy) is 1. The molecule has 2 N–H and O–H groups in total. The van der Waals surface area contributed by atoms with E-state index in [9.17, 15) is 9.90 Å². The minimum Gasteiger partial charge on any atom is -0.497 e. The van der Waals surface area contributed by atoms with Crippen LogP contribution in [-0.2, 0) is 0 Å². The van der Waals surface area contributed by atoms with E-state index < -0.39 is 5.97 Å². The Bertz CT molecular complexity index is 1580. The molecule has 0 spiro atoms. The lowest BCUT2D eigenvalue weighted by atomic mass is 10.1. The normalized spacial score (nSPS) is 11.1. The average molecular weight is 468 g/mol. The molecule has 2 aromatic heterocycles. The van der Waals surface area contributed by atoms with E-state index in [-0.39, 0.29) is 5.56 Å². The highest BCUT2D eigenvalue weighted by atomic mass is 16.5. The number of aromatic carboxylic acids is 1. The molecule has 35 heavy (non-hydrogen) atoms. The van der Waals surface area contributed by atoms with Gasteiger partial charge in [-0.25, -0.2) is 9.48 Å². The van der Waals surface area contributed by atoms with Gasteiger partial charge in [-0.05, 0) is 68.8 Å². The molecule has 7 heteroatoms. The Morgan fingerprint density at radius 2 is 1.83 bits per heavy atom. The Balaban J connectivity index is 1.75. The lowest BCUT2D eigenvalue weighted by molar-refractivity contribution is 0.0697. The van der Waals surface area contributed by atoms with Gasteiger partial charge in [0.15, 0.2) is 0 Å². The van der Waals surface area contributed by atoms with Gasteiger partial charge in [0, 0.05) is 5.39 Å². The Hall–Kier alpha value is -4.52. The van der Waals surface area contributed by atoms with E-state index in [4.69, 9.17) is 14.3 Å². The fraction of sp³-hybridized carbons (Fsp3) is 0.143. The van der Waals surface area contributed by atoms with E-state index in [1.807, 2.05) is 63.2 Å². The second kappa shape index (κ2) is 8.68. The first-order valence-corrected chi connectivity index (χ1v) is 11.2. The summed E-state index contributed by atoms with van der Waals surface area (Å²) < 4.78 is 13.3. The third-order valence-corrected chi connectivity index (χ3v) is 6.03. The fourth-order valence-corrected chi connectivity index (χ4v) is 4.26. The number of fused-ring (bicyclic) bond motifs is 1. The van der Waals surface area contributed by atoms with Gasteiger partial charge in [-0.1, -0.05) is 29.8 Å². The number of para-hydroxylation sites is 1. The van der Waals surface area contributed by atoms with Crippen molar-refractivity contribution in [2.45, 2.75) is 20.8 Å². The van der Waals surface area contributed by atoms with Crippen molar-refractivity contribution in [3.63, 3.8) is 0 Å². The van der Waals surface area contributed by atoms with Gasteiger partial charge < -0.3 is 19.6 Å². The van der Waals surface area contributed by atoms with Crippen molar-refractivity contribution in [3.8, 4) is 22.8 Å². The van der Waals surface area contributed by atoms with E-state index in [1.54, 1.807) is 16.8 Å². The summed E-state index contributed by atoms with van der Waals surface area (Å²) in [5.74, 6) is 0.659. The maximum Gasteiger partial charge on any atom is 0.337 e. The number of hydrogen-bond donors (Lipinski definition) is 2. The zero-order chi connectivity index (χ0) is 24.7. The molecule has 0 fully saturated rings. The summed E-state index contributed by atoms with van der Waals surface area (Å²) in [7, 11) is 1.51. The summed E-state index contributed by atoms with van der Waals surface area (Å²) >= 11 is 0. The number of aromatic nitrogens is 2. The van der Waals surface area contributed by atoms with Crippen molar-refractivity contribution in [1.82, 2.24) is 9.78 Å². The predicted molar refractivity (Wildman–Crippen MR) is 136 cm³/mol. The molecule has 5 rings (SSSR count). The molecular formula is C28H25N3O4. The van der Waals surface area contributed by atoms with Crippen LogP contribution >= 0.6 is 0 Å². The van der Waals surface area contributed by atoms with Crippen molar-refractivity contribution < 1.29 is 19.1 Å². The number of carbonyl (C=O) groups is 1. The predicted octanol–water partition coefficient (Wildman–Crippen LogP) is 6.66. The van der Waals surface area contributed by atoms with Crippen LogP contribution in [0.4, 0.5) is 11.5 Å². The van der Waals surface area contributed by atoms with Crippen LogP contribution in [0.15, 0.2) is 71.1 Å². The summed E-state index contributed by atoms with van der Waals surface area (Å²) in [5, 5.41) is 19.0. The largest absolute Gasteiger partial charge is 0.497 e. The molecule has 3 aromatic carbocycles. The minimum atomic E-state index is -1.06. The van der Waals surface area contributed by atoms with Crippen LogP contribution in [0.5, 0.6) is 5.75 Å². The van der Waals surface area contributed by atoms with Crippen LogP contribution in [-0.4, -0.2) is 28.0 Å². The van der Waals surface area contributed by atoms with Gasteiger partial charge in [0.25, 0.3) is 0 Å². The lowest BCUT2D eigenvalue weighted by Crippen LogP contribution is -2.08. The number of carboxylic acid groups (broad SMARTS) is 1. The van der Waals surface area contributed by atoms with Crippen LogP contribution in [0.3, 0.4) is 0 Å². The summed E-state index contributed by atoms with van der Waals surface area (Å²) in [6.45, 7) is 5.97. The Kier molecular flexibility index (Phi) is 5.53. The Labute approximate surface area is 202 Å². The van der Waals surface area contributed by atoms with Crippen molar-refractivity contribution in [1.29, 1.82) is 0 Å². The van der Waals surface area contributed by atoms with Crippen LogP contribution in [0, 0.1) is 20.8 Å². The quantitative estimate of drug-likeness (QED) is 0.290. The summed E-state index contributed by atoms with van der Waals surface area (Å²) in [6.07, 6.45) is 0. The molecule has 0 aliphatic rings.